The van der Waals surface area contributed by atoms with Crippen LogP contribution < -0.4 is 0 Å². The van der Waals surface area contributed by atoms with Gasteiger partial charge in [-0.15, -0.1) is 0 Å². The van der Waals surface area contributed by atoms with Crippen LogP contribution in [0.15, 0.2) is 30.3 Å². The summed E-state index contributed by atoms with van der Waals surface area (Å²) in [5.41, 5.74) is 2.94. The molecule has 1 saturated heterocycles. The molecule has 0 N–H and O–H groups in total. The Kier molecular flexibility index (Phi) is 3.25. The molecule has 0 spiro atoms. The van der Waals surface area contributed by atoms with E-state index in [4.69, 9.17) is 16.3 Å². The van der Waals surface area contributed by atoms with Gasteiger partial charge in [-0.1, -0.05) is 23.7 Å². The van der Waals surface area contributed by atoms with Gasteiger partial charge in [0.15, 0.2) is 0 Å². The third-order valence-electron chi connectivity index (χ3n) is 4.37. The molecule has 0 bridgehead atoms. The number of fused-ring (bicyclic) bond motifs is 1. The third-order valence-corrected chi connectivity index (χ3v) is 4.77. The van der Waals surface area contributed by atoms with Crippen LogP contribution in [0.4, 0.5) is 4.39 Å². The van der Waals surface area contributed by atoms with Crippen molar-refractivity contribution in [3.05, 3.63) is 47.0 Å². The highest BCUT2D eigenvalue weighted by Crippen LogP contribution is 2.34. The summed E-state index contributed by atoms with van der Waals surface area (Å²) in [5.74, 6) is -0.235. The van der Waals surface area contributed by atoms with Crippen molar-refractivity contribution in [3.8, 4) is 11.1 Å². The molecule has 21 heavy (non-hydrogen) atoms. The van der Waals surface area contributed by atoms with Gasteiger partial charge in [0.05, 0.1) is 19.3 Å². The van der Waals surface area contributed by atoms with Crippen LogP contribution in [0, 0.1) is 5.82 Å². The van der Waals surface area contributed by atoms with Crippen LogP contribution in [0.1, 0.15) is 5.69 Å². The fourth-order valence-corrected chi connectivity index (χ4v) is 3.42. The maximum Gasteiger partial charge on any atom is 0.123 e. The Balaban J connectivity index is 1.67. The lowest BCUT2D eigenvalue weighted by Gasteiger charge is -2.39. The number of hydrogen-bond acceptors (Lipinski definition) is 2. The first-order chi connectivity index (χ1) is 10.2. The zero-order chi connectivity index (χ0) is 14.4. The van der Waals surface area contributed by atoms with Crippen molar-refractivity contribution < 1.29 is 9.13 Å². The van der Waals surface area contributed by atoms with E-state index < -0.39 is 0 Å². The number of ether oxygens (including phenoxy) is 1. The molecule has 0 unspecified atom stereocenters. The maximum absolute atomic E-state index is 13.4. The highest BCUT2D eigenvalue weighted by molar-refractivity contribution is 6.32. The van der Waals surface area contributed by atoms with Gasteiger partial charge in [-0.2, -0.15) is 0 Å². The predicted molar refractivity (Wildman–Crippen MR) is 79.9 cm³/mol. The second-order valence-electron chi connectivity index (χ2n) is 5.66. The van der Waals surface area contributed by atoms with Gasteiger partial charge in [0, 0.05) is 30.9 Å². The van der Waals surface area contributed by atoms with Gasteiger partial charge in [0.1, 0.15) is 11.0 Å². The van der Waals surface area contributed by atoms with Gasteiger partial charge >= 0.3 is 0 Å². The monoisotopic (exact) mass is 306 g/mol. The summed E-state index contributed by atoms with van der Waals surface area (Å²) in [6, 6.07) is 9.22. The average molecular weight is 307 g/mol. The van der Waals surface area contributed by atoms with E-state index in [1.807, 2.05) is 6.07 Å². The lowest BCUT2D eigenvalue weighted by Crippen LogP contribution is -2.51. The first-order valence-electron chi connectivity index (χ1n) is 7.18. The number of rotatable bonds is 2. The van der Waals surface area contributed by atoms with Gasteiger partial charge < -0.3 is 9.30 Å². The van der Waals surface area contributed by atoms with Crippen LogP contribution in [-0.2, 0) is 17.8 Å². The van der Waals surface area contributed by atoms with Gasteiger partial charge in [-0.3, -0.25) is 4.90 Å². The fraction of sp³-hybridized carbons (Fsp3) is 0.375. The summed E-state index contributed by atoms with van der Waals surface area (Å²) in [4.78, 5) is 2.44. The molecule has 2 aliphatic rings. The van der Waals surface area contributed by atoms with E-state index in [1.54, 1.807) is 6.07 Å². The van der Waals surface area contributed by atoms with E-state index in [9.17, 15) is 4.39 Å². The maximum atomic E-state index is 13.4. The molecule has 1 aromatic carbocycles. The van der Waals surface area contributed by atoms with Crippen molar-refractivity contribution in [2.45, 2.75) is 19.1 Å². The van der Waals surface area contributed by atoms with E-state index in [1.165, 1.54) is 17.8 Å². The lowest BCUT2D eigenvalue weighted by atomic mass is 10.1. The first-order valence-corrected chi connectivity index (χ1v) is 7.56. The number of aromatic nitrogens is 1. The summed E-state index contributed by atoms with van der Waals surface area (Å²) >= 11 is 6.50. The molecule has 0 amide bonds. The third kappa shape index (κ3) is 2.27. The molecule has 4 rings (SSSR count). The van der Waals surface area contributed by atoms with Gasteiger partial charge in [-0.05, 0) is 23.8 Å². The first kappa shape index (κ1) is 13.3. The minimum absolute atomic E-state index is 0.235. The summed E-state index contributed by atoms with van der Waals surface area (Å²) in [6.45, 7) is 4.39. The van der Waals surface area contributed by atoms with E-state index in [0.717, 1.165) is 44.0 Å². The number of benzene rings is 1. The van der Waals surface area contributed by atoms with Crippen molar-refractivity contribution in [2.24, 2.45) is 0 Å². The van der Waals surface area contributed by atoms with Gasteiger partial charge in [-0.25, -0.2) is 4.39 Å². The highest BCUT2D eigenvalue weighted by atomic mass is 35.5. The molecule has 1 aromatic heterocycles. The molecular formula is C16H16ClFN2O. The predicted octanol–water partition coefficient (Wildman–Crippen LogP) is 3.16. The van der Waals surface area contributed by atoms with E-state index in [-0.39, 0.29) is 5.82 Å². The van der Waals surface area contributed by atoms with Crippen molar-refractivity contribution in [3.63, 3.8) is 0 Å². The summed E-state index contributed by atoms with van der Waals surface area (Å²) in [6.07, 6.45) is 0. The molecule has 3 heterocycles. The molecule has 2 aliphatic heterocycles. The van der Waals surface area contributed by atoms with Crippen molar-refractivity contribution in [1.82, 2.24) is 9.47 Å². The number of halogens is 2. The Morgan fingerprint density at radius 2 is 2.05 bits per heavy atom. The second-order valence-corrected chi connectivity index (χ2v) is 6.02. The molecular weight excluding hydrogens is 291 g/mol. The molecule has 0 atom stereocenters. The molecule has 3 nitrogen and oxygen atoms in total. The van der Waals surface area contributed by atoms with Crippen LogP contribution >= 0.6 is 11.6 Å². The lowest BCUT2D eigenvalue weighted by molar-refractivity contribution is -0.0729. The van der Waals surface area contributed by atoms with Crippen LogP contribution in [-0.4, -0.2) is 35.3 Å². The Labute approximate surface area is 127 Å². The zero-order valence-electron chi connectivity index (χ0n) is 11.6. The molecule has 1 fully saturated rings. The largest absolute Gasteiger partial charge is 0.378 e. The second kappa shape index (κ2) is 5.13. The SMILES string of the molecule is Fc1cccc(-c2cc3n(c2Cl)CCN(C2COC2)C3)c1. The Morgan fingerprint density at radius 3 is 2.76 bits per heavy atom. The molecule has 0 saturated carbocycles. The summed E-state index contributed by atoms with van der Waals surface area (Å²) in [5, 5.41) is 0.708. The molecule has 0 radical (unpaired) electrons. The zero-order valence-corrected chi connectivity index (χ0v) is 12.3. The van der Waals surface area contributed by atoms with Gasteiger partial charge in [0.2, 0.25) is 0 Å². The fourth-order valence-electron chi connectivity index (χ4n) is 3.07. The minimum atomic E-state index is -0.235. The van der Waals surface area contributed by atoms with E-state index >= 15 is 0 Å². The van der Waals surface area contributed by atoms with Gasteiger partial charge in [0.25, 0.3) is 0 Å². The Bertz CT molecular complexity index is 681. The van der Waals surface area contributed by atoms with E-state index in [0.29, 0.717) is 11.2 Å². The quantitative estimate of drug-likeness (QED) is 0.848. The highest BCUT2D eigenvalue weighted by Gasteiger charge is 2.30. The average Bonchev–Trinajstić information content (AvgIpc) is 2.74. The molecule has 5 heteroatoms. The molecule has 0 aliphatic carbocycles. The van der Waals surface area contributed by atoms with E-state index in [2.05, 4.69) is 15.5 Å². The van der Waals surface area contributed by atoms with Crippen LogP contribution in [0.25, 0.3) is 11.1 Å². The summed E-state index contributed by atoms with van der Waals surface area (Å²) < 4.78 is 20.8. The van der Waals surface area contributed by atoms with Crippen molar-refractivity contribution >= 4 is 11.6 Å². The van der Waals surface area contributed by atoms with Crippen LogP contribution in [0.5, 0.6) is 0 Å². The summed E-state index contributed by atoms with van der Waals surface area (Å²) in [7, 11) is 0. The smallest absolute Gasteiger partial charge is 0.123 e. The van der Waals surface area contributed by atoms with Crippen molar-refractivity contribution in [1.29, 1.82) is 0 Å². The normalized spacial score (nSPS) is 19.3. The van der Waals surface area contributed by atoms with Crippen LogP contribution in [0.3, 0.4) is 0 Å². The van der Waals surface area contributed by atoms with Crippen LogP contribution in [0.2, 0.25) is 5.15 Å². The van der Waals surface area contributed by atoms with Crippen molar-refractivity contribution in [2.75, 3.05) is 19.8 Å². The number of nitrogens with zero attached hydrogens (tertiary/aromatic N) is 2. The minimum Gasteiger partial charge on any atom is -0.378 e. The standard InChI is InChI=1S/C16H16ClFN2O/c17-16-15(11-2-1-3-12(18)6-11)7-13-8-19(4-5-20(13)16)14-9-21-10-14/h1-3,6-7,14H,4-5,8-10H2. The molecule has 110 valence electrons. The Morgan fingerprint density at radius 1 is 1.19 bits per heavy atom. The molecule has 2 aromatic rings. The topological polar surface area (TPSA) is 17.4 Å². The Hall–Kier alpha value is -1.36. The number of hydrogen-bond donors (Lipinski definition) is 0.